The summed E-state index contributed by atoms with van der Waals surface area (Å²) in [6.07, 6.45) is 3.22. The highest BCUT2D eigenvalue weighted by Crippen LogP contribution is 2.30. The topological polar surface area (TPSA) is 62.3 Å². The Morgan fingerprint density at radius 3 is 2.52 bits per heavy atom. The molecule has 23 heavy (non-hydrogen) atoms. The molecule has 2 aromatic rings. The van der Waals surface area contributed by atoms with Crippen LogP contribution >= 0.6 is 23.1 Å². The number of carbonyl (C=O) groups excluding carboxylic acids is 2. The lowest BCUT2D eigenvalue weighted by Gasteiger charge is -2.15. The molecule has 0 spiro atoms. The Kier molecular flexibility index (Phi) is 5.57. The van der Waals surface area contributed by atoms with Crippen molar-refractivity contribution in [2.24, 2.45) is 0 Å². The molecule has 1 aromatic heterocycles. The van der Waals surface area contributed by atoms with E-state index in [-0.39, 0.29) is 11.8 Å². The molecular formula is C16H17N3O2S2. The Hall–Kier alpha value is -2.12. The van der Waals surface area contributed by atoms with Crippen LogP contribution < -0.4 is 10.2 Å². The standard InChI is InChI=1S/C16H17N3O2S2/c1-5-13(20)19(3)12-8-6-11(7-9-12)14(21)18-16-17-10(2)15(22-4)23-16/h5-9H,1H2,2-4H3,(H,17,18,21). The first-order valence-corrected chi connectivity index (χ1v) is 8.83. The summed E-state index contributed by atoms with van der Waals surface area (Å²) in [5.74, 6) is -0.430. The van der Waals surface area contributed by atoms with Crippen LogP contribution in [-0.2, 0) is 4.79 Å². The van der Waals surface area contributed by atoms with Crippen molar-refractivity contribution < 1.29 is 9.59 Å². The number of likely N-dealkylation sites (N-methyl/N-ethyl adjacent to an activating group) is 1. The summed E-state index contributed by atoms with van der Waals surface area (Å²) in [5, 5.41) is 3.38. The van der Waals surface area contributed by atoms with Crippen molar-refractivity contribution in [2.75, 3.05) is 23.5 Å². The van der Waals surface area contributed by atoms with E-state index in [1.54, 1.807) is 43.1 Å². The highest BCUT2D eigenvalue weighted by molar-refractivity contribution is 8.00. The van der Waals surface area contributed by atoms with Gasteiger partial charge >= 0.3 is 0 Å². The number of amides is 2. The van der Waals surface area contributed by atoms with Crippen molar-refractivity contribution in [1.29, 1.82) is 0 Å². The van der Waals surface area contributed by atoms with Crippen LogP contribution in [0.25, 0.3) is 0 Å². The van der Waals surface area contributed by atoms with Crippen molar-refractivity contribution in [1.82, 2.24) is 4.98 Å². The van der Waals surface area contributed by atoms with Gasteiger partial charge in [0.05, 0.1) is 9.90 Å². The Morgan fingerprint density at radius 1 is 1.35 bits per heavy atom. The fourth-order valence-electron chi connectivity index (χ4n) is 1.90. The largest absolute Gasteiger partial charge is 0.312 e. The zero-order valence-corrected chi connectivity index (χ0v) is 14.8. The number of nitrogens with one attached hydrogen (secondary N) is 1. The lowest BCUT2D eigenvalue weighted by atomic mass is 10.2. The molecule has 1 heterocycles. The quantitative estimate of drug-likeness (QED) is 0.663. The number of aryl methyl sites for hydroxylation is 1. The van der Waals surface area contributed by atoms with Crippen molar-refractivity contribution in [2.45, 2.75) is 11.1 Å². The SMILES string of the molecule is C=CC(=O)N(C)c1ccc(C(=O)Nc2nc(C)c(SC)s2)cc1. The predicted octanol–water partition coefficient (Wildman–Crippen LogP) is 3.57. The van der Waals surface area contributed by atoms with Crippen LogP contribution in [-0.4, -0.2) is 30.1 Å². The maximum Gasteiger partial charge on any atom is 0.257 e. The average molecular weight is 347 g/mol. The highest BCUT2D eigenvalue weighted by Gasteiger charge is 2.12. The van der Waals surface area contributed by atoms with Gasteiger partial charge in [0.25, 0.3) is 5.91 Å². The van der Waals surface area contributed by atoms with Gasteiger partial charge in [-0.2, -0.15) is 0 Å². The van der Waals surface area contributed by atoms with Gasteiger partial charge in [-0.25, -0.2) is 4.98 Å². The Bertz CT molecular complexity index is 738. The summed E-state index contributed by atoms with van der Waals surface area (Å²) >= 11 is 3.06. The van der Waals surface area contributed by atoms with Gasteiger partial charge in [-0.3, -0.25) is 14.9 Å². The molecule has 0 fully saturated rings. The van der Waals surface area contributed by atoms with Crippen LogP contribution in [0.1, 0.15) is 16.1 Å². The molecule has 0 atom stereocenters. The summed E-state index contributed by atoms with van der Waals surface area (Å²) in [6, 6.07) is 6.79. The maximum absolute atomic E-state index is 12.2. The Labute approximate surface area is 143 Å². The van der Waals surface area contributed by atoms with Crippen LogP contribution in [0, 0.1) is 6.92 Å². The molecule has 1 N–H and O–H groups in total. The number of hydrogen-bond donors (Lipinski definition) is 1. The van der Waals surface area contributed by atoms with E-state index in [1.165, 1.54) is 22.3 Å². The molecule has 2 rings (SSSR count). The molecule has 7 heteroatoms. The van der Waals surface area contributed by atoms with Gasteiger partial charge in [0, 0.05) is 18.3 Å². The molecule has 0 unspecified atom stereocenters. The smallest absolute Gasteiger partial charge is 0.257 e. The van der Waals surface area contributed by atoms with Gasteiger partial charge in [-0.15, -0.1) is 11.8 Å². The first-order chi connectivity index (χ1) is 11.0. The Balaban J connectivity index is 2.10. The maximum atomic E-state index is 12.2. The van der Waals surface area contributed by atoms with E-state index < -0.39 is 0 Å². The summed E-state index contributed by atoms with van der Waals surface area (Å²) in [5.41, 5.74) is 2.12. The fourth-order valence-corrected chi connectivity index (χ4v) is 3.50. The molecule has 0 aliphatic heterocycles. The van der Waals surface area contributed by atoms with E-state index >= 15 is 0 Å². The fraction of sp³-hybridized carbons (Fsp3) is 0.188. The number of thiazole rings is 1. The zero-order valence-electron chi connectivity index (χ0n) is 13.1. The lowest BCUT2D eigenvalue weighted by Crippen LogP contribution is -2.23. The zero-order chi connectivity index (χ0) is 17.0. The number of thioether (sulfide) groups is 1. The average Bonchev–Trinajstić information content (AvgIpc) is 2.92. The minimum atomic E-state index is -0.226. The first kappa shape index (κ1) is 17.2. The number of benzene rings is 1. The second kappa shape index (κ2) is 7.43. The number of anilines is 2. The third-order valence-corrected chi connectivity index (χ3v) is 5.47. The van der Waals surface area contributed by atoms with Crippen LogP contribution in [0.15, 0.2) is 41.1 Å². The molecule has 2 amide bonds. The number of aromatic nitrogens is 1. The minimum absolute atomic E-state index is 0.204. The molecule has 0 aliphatic rings. The van der Waals surface area contributed by atoms with E-state index in [1.807, 2.05) is 13.2 Å². The monoisotopic (exact) mass is 347 g/mol. The van der Waals surface area contributed by atoms with Gasteiger partial charge in [0.1, 0.15) is 0 Å². The minimum Gasteiger partial charge on any atom is -0.312 e. The van der Waals surface area contributed by atoms with Crippen molar-refractivity contribution in [3.8, 4) is 0 Å². The highest BCUT2D eigenvalue weighted by atomic mass is 32.2. The van der Waals surface area contributed by atoms with E-state index in [9.17, 15) is 9.59 Å². The number of hydrogen-bond acceptors (Lipinski definition) is 5. The molecule has 120 valence electrons. The predicted molar refractivity (Wildman–Crippen MR) is 96.6 cm³/mol. The second-order valence-electron chi connectivity index (χ2n) is 4.70. The lowest BCUT2D eigenvalue weighted by molar-refractivity contribution is -0.113. The van der Waals surface area contributed by atoms with Crippen molar-refractivity contribution in [3.63, 3.8) is 0 Å². The van der Waals surface area contributed by atoms with Crippen LogP contribution in [0.4, 0.5) is 10.8 Å². The van der Waals surface area contributed by atoms with Crippen molar-refractivity contribution >= 4 is 45.7 Å². The molecule has 0 saturated heterocycles. The molecule has 0 radical (unpaired) electrons. The molecule has 1 aromatic carbocycles. The van der Waals surface area contributed by atoms with Crippen LogP contribution in [0.3, 0.4) is 0 Å². The van der Waals surface area contributed by atoms with Gasteiger partial charge in [0.2, 0.25) is 5.91 Å². The van der Waals surface area contributed by atoms with Crippen molar-refractivity contribution in [3.05, 3.63) is 48.2 Å². The number of carbonyl (C=O) groups is 2. The van der Waals surface area contributed by atoms with E-state index in [4.69, 9.17) is 0 Å². The molecular weight excluding hydrogens is 330 g/mol. The normalized spacial score (nSPS) is 10.2. The summed E-state index contributed by atoms with van der Waals surface area (Å²) in [6.45, 7) is 5.37. The Morgan fingerprint density at radius 2 is 2.00 bits per heavy atom. The van der Waals surface area contributed by atoms with E-state index in [2.05, 4.69) is 16.9 Å². The molecule has 5 nitrogen and oxygen atoms in total. The number of rotatable bonds is 5. The van der Waals surface area contributed by atoms with Gasteiger partial charge < -0.3 is 4.90 Å². The van der Waals surface area contributed by atoms with Gasteiger partial charge in [0.15, 0.2) is 5.13 Å². The van der Waals surface area contributed by atoms with Crippen LogP contribution in [0.5, 0.6) is 0 Å². The van der Waals surface area contributed by atoms with Gasteiger partial charge in [-0.1, -0.05) is 17.9 Å². The summed E-state index contributed by atoms with van der Waals surface area (Å²) in [7, 11) is 1.65. The third kappa shape index (κ3) is 4.00. The molecule has 0 saturated carbocycles. The van der Waals surface area contributed by atoms with Crippen LogP contribution in [0.2, 0.25) is 0 Å². The summed E-state index contributed by atoms with van der Waals surface area (Å²) in [4.78, 5) is 29.6. The second-order valence-corrected chi connectivity index (χ2v) is 6.77. The molecule has 0 bridgehead atoms. The van der Waals surface area contributed by atoms with E-state index in [0.29, 0.717) is 16.4 Å². The number of nitrogens with zero attached hydrogens (tertiary/aromatic N) is 2. The molecule has 0 aliphatic carbocycles. The van der Waals surface area contributed by atoms with E-state index in [0.717, 1.165) is 9.90 Å². The summed E-state index contributed by atoms with van der Waals surface area (Å²) < 4.78 is 1.08. The third-order valence-electron chi connectivity index (χ3n) is 3.18. The first-order valence-electron chi connectivity index (χ1n) is 6.79. The van der Waals surface area contributed by atoms with Gasteiger partial charge in [-0.05, 0) is 43.5 Å².